The molecule has 0 aliphatic rings. The van der Waals surface area contributed by atoms with Gasteiger partial charge in [0.1, 0.15) is 0 Å². The fourth-order valence-electron chi connectivity index (χ4n) is 1.82. The van der Waals surface area contributed by atoms with E-state index in [1.165, 1.54) is 15.6 Å². The van der Waals surface area contributed by atoms with Gasteiger partial charge in [-0.15, -0.1) is 0 Å². The van der Waals surface area contributed by atoms with Crippen LogP contribution in [0.2, 0.25) is 0 Å². The second kappa shape index (κ2) is 4.32. The van der Waals surface area contributed by atoms with Crippen LogP contribution in [-0.2, 0) is 6.54 Å². The first kappa shape index (κ1) is 11.6. The van der Waals surface area contributed by atoms with Gasteiger partial charge in [-0.2, -0.15) is 5.10 Å². The van der Waals surface area contributed by atoms with Crippen molar-refractivity contribution < 1.29 is 0 Å². The maximum absolute atomic E-state index is 12.3. The Kier molecular flexibility index (Phi) is 2.64. The number of aromatic amines is 1. The average molecular weight is 274 g/mol. The molecule has 7 nitrogen and oxygen atoms in total. The lowest BCUT2D eigenvalue weighted by Crippen LogP contribution is -2.24. The zero-order valence-electron chi connectivity index (χ0n) is 9.78. The number of aromatic nitrogens is 5. The topological polar surface area (TPSA) is 94.5 Å². The second-order valence-electron chi connectivity index (χ2n) is 4.01. The van der Waals surface area contributed by atoms with Gasteiger partial charge in [0.05, 0.1) is 23.8 Å². The number of fused-ring (bicyclic) bond motifs is 1. The molecule has 3 N–H and O–H groups in total. The van der Waals surface area contributed by atoms with Crippen molar-refractivity contribution in [3.05, 3.63) is 51.5 Å². The standard InChI is InChI=1S/C11H10N6OS/c12-17-9(14-15-11(17)19)5-16-6-13-8-4-2-1-3-7(8)10(16)18/h1-4,6H,5,12H2,(H,15,19). The van der Waals surface area contributed by atoms with Crippen LogP contribution in [0.4, 0.5) is 0 Å². The Bertz CT molecular complexity index is 861. The maximum atomic E-state index is 12.3. The first-order valence-electron chi connectivity index (χ1n) is 5.52. The zero-order chi connectivity index (χ0) is 13.4. The van der Waals surface area contributed by atoms with Crippen LogP contribution in [0.5, 0.6) is 0 Å². The highest BCUT2D eigenvalue weighted by atomic mass is 32.1. The van der Waals surface area contributed by atoms with Gasteiger partial charge < -0.3 is 5.84 Å². The summed E-state index contributed by atoms with van der Waals surface area (Å²) >= 11 is 4.92. The Labute approximate surface area is 112 Å². The largest absolute Gasteiger partial charge is 0.335 e. The summed E-state index contributed by atoms with van der Waals surface area (Å²) in [6.45, 7) is 0.209. The number of nitrogen functional groups attached to an aromatic ring is 1. The molecule has 8 heteroatoms. The van der Waals surface area contributed by atoms with Crippen molar-refractivity contribution in [1.82, 2.24) is 24.4 Å². The van der Waals surface area contributed by atoms with Crippen molar-refractivity contribution in [3.63, 3.8) is 0 Å². The van der Waals surface area contributed by atoms with Crippen LogP contribution < -0.4 is 11.4 Å². The summed E-state index contributed by atoms with van der Waals surface area (Å²) in [5, 5.41) is 7.09. The number of rotatable bonds is 2. The van der Waals surface area contributed by atoms with Gasteiger partial charge in [0.15, 0.2) is 5.82 Å². The van der Waals surface area contributed by atoms with E-state index < -0.39 is 0 Å². The van der Waals surface area contributed by atoms with E-state index in [9.17, 15) is 4.79 Å². The summed E-state index contributed by atoms with van der Waals surface area (Å²) in [7, 11) is 0. The number of nitrogens with two attached hydrogens (primary N) is 1. The smallest absolute Gasteiger partial charge is 0.261 e. The number of hydrogen-bond acceptors (Lipinski definition) is 5. The molecule has 0 aliphatic heterocycles. The molecule has 0 saturated carbocycles. The van der Waals surface area contributed by atoms with Gasteiger partial charge in [0, 0.05) is 0 Å². The lowest BCUT2D eigenvalue weighted by molar-refractivity contribution is 0.682. The van der Waals surface area contributed by atoms with E-state index in [1.54, 1.807) is 18.2 Å². The van der Waals surface area contributed by atoms with Crippen molar-refractivity contribution in [3.8, 4) is 0 Å². The van der Waals surface area contributed by atoms with Crippen LogP contribution in [-0.4, -0.2) is 24.4 Å². The third-order valence-corrected chi connectivity index (χ3v) is 3.11. The average Bonchev–Trinajstić information content (AvgIpc) is 2.74. The molecule has 96 valence electrons. The van der Waals surface area contributed by atoms with E-state index in [2.05, 4.69) is 15.2 Å². The summed E-state index contributed by atoms with van der Waals surface area (Å²) in [6, 6.07) is 7.17. The number of benzene rings is 1. The second-order valence-corrected chi connectivity index (χ2v) is 4.40. The van der Waals surface area contributed by atoms with Crippen LogP contribution in [0.25, 0.3) is 10.9 Å². The van der Waals surface area contributed by atoms with E-state index in [1.807, 2.05) is 6.07 Å². The molecule has 0 amide bonds. The maximum Gasteiger partial charge on any atom is 0.261 e. The van der Waals surface area contributed by atoms with Gasteiger partial charge in [0.2, 0.25) is 4.77 Å². The molecule has 0 unspecified atom stereocenters. The molecule has 3 rings (SSSR count). The zero-order valence-corrected chi connectivity index (χ0v) is 10.6. The Hall–Kier alpha value is -2.48. The number of nitrogens with one attached hydrogen (secondary N) is 1. The van der Waals surface area contributed by atoms with Crippen molar-refractivity contribution in [2.75, 3.05) is 5.84 Å². The van der Waals surface area contributed by atoms with Crippen molar-refractivity contribution in [2.24, 2.45) is 0 Å². The minimum absolute atomic E-state index is 0.139. The minimum Gasteiger partial charge on any atom is -0.335 e. The first-order valence-corrected chi connectivity index (χ1v) is 5.93. The van der Waals surface area contributed by atoms with Crippen LogP contribution in [0.1, 0.15) is 5.82 Å². The molecule has 0 bridgehead atoms. The van der Waals surface area contributed by atoms with Gasteiger partial charge in [0.25, 0.3) is 5.56 Å². The molecular weight excluding hydrogens is 264 g/mol. The normalized spacial score (nSPS) is 10.9. The van der Waals surface area contributed by atoms with Crippen LogP contribution in [0, 0.1) is 4.77 Å². The van der Waals surface area contributed by atoms with Crippen LogP contribution in [0.15, 0.2) is 35.4 Å². The molecule has 2 heterocycles. The van der Waals surface area contributed by atoms with Gasteiger partial charge in [-0.3, -0.25) is 14.5 Å². The van der Waals surface area contributed by atoms with Gasteiger partial charge in [-0.25, -0.2) is 9.66 Å². The highest BCUT2D eigenvalue weighted by Gasteiger charge is 2.08. The minimum atomic E-state index is -0.139. The molecule has 3 aromatic rings. The summed E-state index contributed by atoms with van der Waals surface area (Å²) in [5.41, 5.74) is 0.523. The SMILES string of the molecule is Nn1c(Cn2cnc3ccccc3c2=O)n[nH]c1=S. The van der Waals surface area contributed by atoms with Gasteiger partial charge >= 0.3 is 0 Å². The number of nitrogens with zero attached hydrogens (tertiary/aromatic N) is 4. The summed E-state index contributed by atoms with van der Waals surface area (Å²) in [5.74, 6) is 6.16. The van der Waals surface area contributed by atoms with E-state index in [0.29, 0.717) is 21.5 Å². The van der Waals surface area contributed by atoms with Crippen LogP contribution in [0.3, 0.4) is 0 Å². The lowest BCUT2D eigenvalue weighted by atomic mass is 10.2. The third kappa shape index (κ3) is 1.91. The first-order chi connectivity index (χ1) is 9.16. The molecule has 0 atom stereocenters. The number of para-hydroxylation sites is 1. The molecule has 0 spiro atoms. The van der Waals surface area contributed by atoms with E-state index in [4.69, 9.17) is 18.1 Å². The molecule has 0 saturated heterocycles. The molecule has 1 aromatic carbocycles. The predicted molar refractivity (Wildman–Crippen MR) is 72.7 cm³/mol. The quantitative estimate of drug-likeness (QED) is 0.521. The van der Waals surface area contributed by atoms with E-state index in [0.717, 1.165) is 0 Å². The summed E-state index contributed by atoms with van der Waals surface area (Å²) in [6.07, 6.45) is 1.47. The van der Waals surface area contributed by atoms with E-state index >= 15 is 0 Å². The fourth-order valence-corrected chi connectivity index (χ4v) is 1.97. The Morgan fingerprint density at radius 3 is 2.89 bits per heavy atom. The number of H-pyrrole nitrogens is 1. The molecule has 2 aromatic heterocycles. The Balaban J connectivity index is 2.11. The molecule has 0 radical (unpaired) electrons. The van der Waals surface area contributed by atoms with Crippen molar-refractivity contribution >= 4 is 23.1 Å². The summed E-state index contributed by atoms with van der Waals surface area (Å²) < 4.78 is 2.98. The monoisotopic (exact) mass is 274 g/mol. The predicted octanol–water partition coefficient (Wildman–Crippen LogP) is 0.413. The molecule has 0 fully saturated rings. The lowest BCUT2D eigenvalue weighted by Gasteiger charge is -2.05. The summed E-state index contributed by atoms with van der Waals surface area (Å²) in [4.78, 5) is 16.5. The van der Waals surface area contributed by atoms with Crippen molar-refractivity contribution in [2.45, 2.75) is 6.54 Å². The van der Waals surface area contributed by atoms with Gasteiger partial charge in [-0.05, 0) is 24.4 Å². The Morgan fingerprint density at radius 2 is 2.16 bits per heavy atom. The van der Waals surface area contributed by atoms with Crippen LogP contribution >= 0.6 is 12.2 Å². The van der Waals surface area contributed by atoms with E-state index in [-0.39, 0.29) is 12.1 Å². The third-order valence-electron chi connectivity index (χ3n) is 2.82. The van der Waals surface area contributed by atoms with Crippen molar-refractivity contribution in [1.29, 1.82) is 0 Å². The molecule has 0 aliphatic carbocycles. The highest BCUT2D eigenvalue weighted by Crippen LogP contribution is 2.05. The van der Waals surface area contributed by atoms with Gasteiger partial charge in [-0.1, -0.05) is 12.1 Å². The fraction of sp³-hybridized carbons (Fsp3) is 0.0909. The number of hydrogen-bond donors (Lipinski definition) is 2. The molecular formula is C11H10N6OS. The highest BCUT2D eigenvalue weighted by molar-refractivity contribution is 7.71. The Morgan fingerprint density at radius 1 is 1.37 bits per heavy atom. The molecule has 19 heavy (non-hydrogen) atoms.